The minimum absolute atomic E-state index is 0.300. The predicted octanol–water partition coefficient (Wildman–Crippen LogP) is 1.54. The van der Waals surface area contributed by atoms with Crippen LogP contribution in [0.4, 0.5) is 4.39 Å². The molecular formula is C14H21FN2O. The molecule has 0 aliphatic carbocycles. The van der Waals surface area contributed by atoms with Gasteiger partial charge >= 0.3 is 0 Å². The molecule has 18 heavy (non-hydrogen) atoms. The van der Waals surface area contributed by atoms with Crippen LogP contribution in [0.1, 0.15) is 24.5 Å². The van der Waals surface area contributed by atoms with Gasteiger partial charge < -0.3 is 15.3 Å². The van der Waals surface area contributed by atoms with E-state index in [1.165, 1.54) is 12.1 Å². The van der Waals surface area contributed by atoms with Gasteiger partial charge in [0, 0.05) is 12.6 Å². The van der Waals surface area contributed by atoms with Gasteiger partial charge in [-0.2, -0.15) is 0 Å². The summed E-state index contributed by atoms with van der Waals surface area (Å²) in [7, 11) is 2.12. The van der Waals surface area contributed by atoms with Crippen LogP contribution < -0.4 is 5.32 Å². The summed E-state index contributed by atoms with van der Waals surface area (Å²) >= 11 is 0. The average Bonchev–Trinajstić information content (AvgIpc) is 2.38. The lowest BCUT2D eigenvalue weighted by Crippen LogP contribution is -2.42. The van der Waals surface area contributed by atoms with Crippen molar-refractivity contribution in [1.82, 2.24) is 10.2 Å². The second-order valence-electron chi connectivity index (χ2n) is 5.06. The van der Waals surface area contributed by atoms with Crippen molar-refractivity contribution in [1.29, 1.82) is 0 Å². The first-order valence-corrected chi connectivity index (χ1v) is 6.50. The third-order valence-corrected chi connectivity index (χ3v) is 3.55. The molecule has 0 radical (unpaired) electrons. The van der Waals surface area contributed by atoms with Crippen molar-refractivity contribution in [2.24, 2.45) is 0 Å². The van der Waals surface area contributed by atoms with E-state index in [1.807, 2.05) is 0 Å². The van der Waals surface area contributed by atoms with Crippen LogP contribution in [0.2, 0.25) is 0 Å². The first-order valence-electron chi connectivity index (χ1n) is 6.50. The van der Waals surface area contributed by atoms with Crippen LogP contribution >= 0.6 is 0 Å². The Bertz CT molecular complexity index is 378. The molecule has 4 heteroatoms. The third-order valence-electron chi connectivity index (χ3n) is 3.55. The van der Waals surface area contributed by atoms with Gasteiger partial charge in [0.1, 0.15) is 5.82 Å². The van der Waals surface area contributed by atoms with Gasteiger partial charge in [-0.15, -0.1) is 0 Å². The fourth-order valence-corrected chi connectivity index (χ4v) is 2.32. The molecule has 2 rings (SSSR count). The summed E-state index contributed by atoms with van der Waals surface area (Å²) in [6.45, 7) is 2.67. The summed E-state index contributed by atoms with van der Waals surface area (Å²) in [5.74, 6) is -0.300. The summed E-state index contributed by atoms with van der Waals surface area (Å²) in [4.78, 5) is 2.31. The number of aliphatic hydroxyl groups excluding tert-OH is 1. The monoisotopic (exact) mass is 252 g/mol. The van der Waals surface area contributed by atoms with Crippen molar-refractivity contribution in [3.05, 3.63) is 35.6 Å². The van der Waals surface area contributed by atoms with Crippen molar-refractivity contribution in [2.75, 3.05) is 26.7 Å². The molecule has 100 valence electrons. The maximum atomic E-state index is 13.0. The summed E-state index contributed by atoms with van der Waals surface area (Å²) < 4.78 is 13.0. The van der Waals surface area contributed by atoms with E-state index in [0.717, 1.165) is 25.9 Å². The lowest BCUT2D eigenvalue weighted by Gasteiger charge is -2.30. The Morgan fingerprint density at radius 1 is 1.44 bits per heavy atom. The van der Waals surface area contributed by atoms with E-state index >= 15 is 0 Å². The number of benzene rings is 1. The molecule has 1 aliphatic rings. The molecule has 1 atom stereocenters. The number of halogens is 1. The molecule has 1 aromatic carbocycles. The fraction of sp³-hybridized carbons (Fsp3) is 0.571. The number of likely N-dealkylation sites (tertiary alicyclic amines) is 1. The van der Waals surface area contributed by atoms with Crippen molar-refractivity contribution in [2.45, 2.75) is 25.0 Å². The smallest absolute Gasteiger partial charge is 0.123 e. The highest BCUT2D eigenvalue weighted by atomic mass is 19.1. The van der Waals surface area contributed by atoms with Crippen molar-refractivity contribution >= 4 is 0 Å². The SMILES string of the molecule is CN1CCC(NC[C@H](O)c2cccc(F)c2)CC1. The van der Waals surface area contributed by atoms with Gasteiger partial charge in [-0.05, 0) is 50.7 Å². The highest BCUT2D eigenvalue weighted by molar-refractivity contribution is 5.18. The second-order valence-corrected chi connectivity index (χ2v) is 5.06. The predicted molar refractivity (Wildman–Crippen MR) is 69.9 cm³/mol. The maximum absolute atomic E-state index is 13.0. The van der Waals surface area contributed by atoms with Crippen LogP contribution in [0.25, 0.3) is 0 Å². The van der Waals surface area contributed by atoms with Crippen LogP contribution in [0, 0.1) is 5.82 Å². The molecule has 0 amide bonds. The van der Waals surface area contributed by atoms with Gasteiger partial charge in [0.05, 0.1) is 6.10 Å². The molecule has 0 saturated carbocycles. The normalized spacial score (nSPS) is 19.9. The number of rotatable bonds is 4. The van der Waals surface area contributed by atoms with E-state index in [1.54, 1.807) is 12.1 Å². The van der Waals surface area contributed by atoms with Gasteiger partial charge in [-0.25, -0.2) is 4.39 Å². The lowest BCUT2D eigenvalue weighted by atomic mass is 10.0. The van der Waals surface area contributed by atoms with Crippen molar-refractivity contribution in [3.63, 3.8) is 0 Å². The Morgan fingerprint density at radius 3 is 2.83 bits per heavy atom. The molecule has 1 fully saturated rings. The van der Waals surface area contributed by atoms with Crippen molar-refractivity contribution in [3.8, 4) is 0 Å². The van der Waals surface area contributed by atoms with Gasteiger partial charge in [0.2, 0.25) is 0 Å². The van der Waals surface area contributed by atoms with E-state index in [0.29, 0.717) is 18.2 Å². The largest absolute Gasteiger partial charge is 0.387 e. The van der Waals surface area contributed by atoms with E-state index in [4.69, 9.17) is 0 Å². The van der Waals surface area contributed by atoms with E-state index in [9.17, 15) is 9.50 Å². The summed E-state index contributed by atoms with van der Waals surface area (Å²) in [5.41, 5.74) is 0.635. The zero-order valence-corrected chi connectivity index (χ0v) is 10.8. The molecule has 0 bridgehead atoms. The van der Waals surface area contributed by atoms with Gasteiger partial charge in [-0.3, -0.25) is 0 Å². The zero-order chi connectivity index (χ0) is 13.0. The van der Waals surface area contributed by atoms with Crippen LogP contribution in [-0.2, 0) is 0 Å². The topological polar surface area (TPSA) is 35.5 Å². The minimum atomic E-state index is -0.639. The Morgan fingerprint density at radius 2 is 2.17 bits per heavy atom. The van der Waals surface area contributed by atoms with Crippen LogP contribution in [-0.4, -0.2) is 42.7 Å². The fourth-order valence-electron chi connectivity index (χ4n) is 2.32. The van der Waals surface area contributed by atoms with Gasteiger partial charge in [0.15, 0.2) is 0 Å². The Hall–Kier alpha value is -0.970. The first-order chi connectivity index (χ1) is 8.65. The Balaban J connectivity index is 1.79. The van der Waals surface area contributed by atoms with Crippen LogP contribution in [0.15, 0.2) is 24.3 Å². The molecule has 2 N–H and O–H groups in total. The molecule has 0 unspecified atom stereocenters. The lowest BCUT2D eigenvalue weighted by molar-refractivity contribution is 0.157. The third kappa shape index (κ3) is 3.77. The summed E-state index contributed by atoms with van der Waals surface area (Å²) in [5, 5.41) is 13.3. The average molecular weight is 252 g/mol. The number of hydrogen-bond donors (Lipinski definition) is 2. The number of piperidine rings is 1. The standard InChI is InChI=1S/C14H21FN2O/c1-17-7-5-13(6-8-17)16-10-14(18)11-3-2-4-12(15)9-11/h2-4,9,13-14,16,18H,5-8,10H2,1H3/t14-/m0/s1. The molecule has 1 aliphatic heterocycles. The molecular weight excluding hydrogens is 231 g/mol. The highest BCUT2D eigenvalue weighted by Gasteiger charge is 2.17. The highest BCUT2D eigenvalue weighted by Crippen LogP contribution is 2.14. The number of nitrogens with one attached hydrogen (secondary N) is 1. The number of nitrogens with zero attached hydrogens (tertiary/aromatic N) is 1. The summed E-state index contributed by atoms with van der Waals surface area (Å²) in [6, 6.07) is 6.62. The van der Waals surface area contributed by atoms with Crippen LogP contribution in [0.3, 0.4) is 0 Å². The molecule has 1 heterocycles. The zero-order valence-electron chi connectivity index (χ0n) is 10.8. The Labute approximate surface area is 108 Å². The van der Waals surface area contributed by atoms with Gasteiger partial charge in [-0.1, -0.05) is 12.1 Å². The minimum Gasteiger partial charge on any atom is -0.387 e. The molecule has 1 saturated heterocycles. The maximum Gasteiger partial charge on any atom is 0.123 e. The Kier molecular flexibility index (Phi) is 4.69. The molecule has 3 nitrogen and oxygen atoms in total. The van der Waals surface area contributed by atoms with E-state index in [2.05, 4.69) is 17.3 Å². The first kappa shape index (κ1) is 13.5. The van der Waals surface area contributed by atoms with E-state index in [-0.39, 0.29) is 5.82 Å². The molecule has 0 spiro atoms. The number of aliphatic hydroxyl groups is 1. The molecule has 0 aromatic heterocycles. The van der Waals surface area contributed by atoms with Crippen molar-refractivity contribution < 1.29 is 9.50 Å². The number of hydrogen-bond acceptors (Lipinski definition) is 3. The summed E-state index contributed by atoms with van der Waals surface area (Å²) in [6.07, 6.45) is 1.57. The second kappa shape index (κ2) is 6.27. The van der Waals surface area contributed by atoms with Gasteiger partial charge in [0.25, 0.3) is 0 Å². The quantitative estimate of drug-likeness (QED) is 0.853. The van der Waals surface area contributed by atoms with E-state index < -0.39 is 6.10 Å². The molecule has 1 aromatic rings. The van der Waals surface area contributed by atoms with Crippen LogP contribution in [0.5, 0.6) is 0 Å².